The number of hydrogen-bond acceptors (Lipinski definition) is 3. The lowest BCUT2D eigenvalue weighted by atomic mass is 10.0. The Labute approximate surface area is 224 Å². The van der Waals surface area contributed by atoms with Gasteiger partial charge < -0.3 is 10.0 Å². The third-order valence-corrected chi connectivity index (χ3v) is 8.12. The molecule has 0 radical (unpaired) electrons. The van der Waals surface area contributed by atoms with Crippen LogP contribution in [0.4, 0.5) is 0 Å². The van der Waals surface area contributed by atoms with Gasteiger partial charge in [0, 0.05) is 30.2 Å². The van der Waals surface area contributed by atoms with Crippen LogP contribution < -0.4 is 0 Å². The molecule has 2 atom stereocenters. The highest BCUT2D eigenvalue weighted by Gasteiger charge is 2.27. The highest BCUT2D eigenvalue weighted by molar-refractivity contribution is 7.85. The van der Waals surface area contributed by atoms with Crippen LogP contribution in [0.2, 0.25) is 10.0 Å². The van der Waals surface area contributed by atoms with Crippen molar-refractivity contribution in [2.24, 2.45) is 5.92 Å². The fourth-order valence-corrected chi connectivity index (χ4v) is 5.58. The van der Waals surface area contributed by atoms with E-state index < -0.39 is 22.7 Å². The quantitative estimate of drug-likeness (QED) is 0.290. The molecular formula is C28H29Cl2NO4S. The van der Waals surface area contributed by atoms with E-state index in [0.717, 1.165) is 11.1 Å². The normalized spacial score (nSPS) is 12.6. The number of carbonyl (C=O) groups is 2. The first-order valence-electron chi connectivity index (χ1n) is 11.8. The van der Waals surface area contributed by atoms with Crippen LogP contribution in [0.25, 0.3) is 0 Å². The minimum atomic E-state index is -1.55. The molecule has 0 aliphatic rings. The van der Waals surface area contributed by atoms with Crippen molar-refractivity contribution in [2.45, 2.75) is 30.6 Å². The summed E-state index contributed by atoms with van der Waals surface area (Å²) in [6.07, 6.45) is 1.26. The molecule has 190 valence electrons. The summed E-state index contributed by atoms with van der Waals surface area (Å²) in [6, 6.07) is 24.5. The highest BCUT2D eigenvalue weighted by atomic mass is 35.5. The molecule has 0 saturated heterocycles. The van der Waals surface area contributed by atoms with Crippen molar-refractivity contribution in [3.63, 3.8) is 0 Å². The average molecular weight is 547 g/mol. The fraction of sp³-hybridized carbons (Fsp3) is 0.286. The first kappa shape index (κ1) is 27.9. The third kappa shape index (κ3) is 8.77. The standard InChI is InChI=1S/C28H29Cl2NO4S/c29-25-13-12-24(19-26(25)30)36(35)20-23(11-14-27(32)33)28(34)31(17-15-21-7-3-1-4-8-21)18-16-22-9-5-2-6-10-22/h1-10,12-13,19,23H,11,14-18,20H2,(H,32,33). The number of halogens is 2. The molecular weight excluding hydrogens is 517 g/mol. The highest BCUT2D eigenvalue weighted by Crippen LogP contribution is 2.25. The van der Waals surface area contributed by atoms with Gasteiger partial charge in [-0.05, 0) is 48.6 Å². The topological polar surface area (TPSA) is 74.7 Å². The molecule has 8 heteroatoms. The van der Waals surface area contributed by atoms with Gasteiger partial charge >= 0.3 is 5.97 Å². The van der Waals surface area contributed by atoms with Crippen molar-refractivity contribution in [1.82, 2.24) is 4.90 Å². The van der Waals surface area contributed by atoms with Crippen molar-refractivity contribution >= 4 is 45.9 Å². The molecule has 0 aromatic heterocycles. The van der Waals surface area contributed by atoms with Crippen molar-refractivity contribution in [1.29, 1.82) is 0 Å². The van der Waals surface area contributed by atoms with Crippen LogP contribution in [0.5, 0.6) is 0 Å². The van der Waals surface area contributed by atoms with Crippen molar-refractivity contribution in [3.05, 3.63) is 100 Å². The number of nitrogens with zero attached hydrogens (tertiary/aromatic N) is 1. The minimum absolute atomic E-state index is 0.0112. The average Bonchev–Trinajstić information content (AvgIpc) is 2.88. The molecule has 0 heterocycles. The van der Waals surface area contributed by atoms with Gasteiger partial charge in [-0.3, -0.25) is 13.8 Å². The molecule has 5 nitrogen and oxygen atoms in total. The van der Waals surface area contributed by atoms with E-state index in [1.807, 2.05) is 60.7 Å². The van der Waals surface area contributed by atoms with E-state index in [4.69, 9.17) is 23.2 Å². The van der Waals surface area contributed by atoms with Gasteiger partial charge in [-0.1, -0.05) is 83.9 Å². The van der Waals surface area contributed by atoms with E-state index in [0.29, 0.717) is 35.8 Å². The molecule has 0 aliphatic carbocycles. The van der Waals surface area contributed by atoms with E-state index in [1.54, 1.807) is 17.0 Å². The first-order valence-corrected chi connectivity index (χ1v) is 13.8. The number of carboxylic acids is 1. The number of aliphatic carboxylic acids is 1. The summed E-state index contributed by atoms with van der Waals surface area (Å²) in [4.78, 5) is 27.3. The second kappa shape index (κ2) is 14.2. The molecule has 3 rings (SSSR count). The van der Waals surface area contributed by atoms with E-state index in [-0.39, 0.29) is 29.5 Å². The summed E-state index contributed by atoms with van der Waals surface area (Å²) in [5.74, 6) is -1.87. The lowest BCUT2D eigenvalue weighted by molar-refractivity contribution is -0.138. The molecule has 36 heavy (non-hydrogen) atoms. The first-order chi connectivity index (χ1) is 17.3. The zero-order valence-electron chi connectivity index (χ0n) is 19.8. The van der Waals surface area contributed by atoms with Crippen LogP contribution in [0, 0.1) is 5.92 Å². The molecule has 1 N–H and O–H groups in total. The number of rotatable bonds is 13. The molecule has 2 unspecified atom stereocenters. The third-order valence-electron chi connectivity index (χ3n) is 5.90. The number of carboxylic acid groups (broad SMARTS) is 1. The Morgan fingerprint density at radius 2 is 1.39 bits per heavy atom. The number of hydrogen-bond donors (Lipinski definition) is 1. The SMILES string of the molecule is O=C(O)CCC(CS(=O)c1ccc(Cl)c(Cl)c1)C(=O)N(CCc1ccccc1)CCc1ccccc1. The van der Waals surface area contributed by atoms with Crippen LogP contribution in [-0.4, -0.2) is 44.9 Å². The van der Waals surface area contributed by atoms with Gasteiger partial charge in [0.15, 0.2) is 0 Å². The van der Waals surface area contributed by atoms with Gasteiger partial charge in [0.25, 0.3) is 0 Å². The van der Waals surface area contributed by atoms with Crippen LogP contribution in [0.1, 0.15) is 24.0 Å². The van der Waals surface area contributed by atoms with Crippen molar-refractivity contribution < 1.29 is 18.9 Å². The molecule has 0 bridgehead atoms. The summed E-state index contributed by atoms with van der Waals surface area (Å²) in [6.45, 7) is 0.970. The Balaban J connectivity index is 1.79. The van der Waals surface area contributed by atoms with Crippen molar-refractivity contribution in [3.8, 4) is 0 Å². The largest absolute Gasteiger partial charge is 0.481 e. The minimum Gasteiger partial charge on any atom is -0.481 e. The smallest absolute Gasteiger partial charge is 0.303 e. The zero-order chi connectivity index (χ0) is 25.9. The molecule has 3 aromatic rings. The maximum absolute atomic E-state index is 13.7. The van der Waals surface area contributed by atoms with E-state index in [1.165, 1.54) is 6.07 Å². The summed E-state index contributed by atoms with van der Waals surface area (Å²) < 4.78 is 13.1. The monoisotopic (exact) mass is 545 g/mol. The lowest BCUT2D eigenvalue weighted by Crippen LogP contribution is -2.41. The molecule has 1 amide bonds. The van der Waals surface area contributed by atoms with E-state index in [2.05, 4.69) is 0 Å². The number of amides is 1. The van der Waals surface area contributed by atoms with Gasteiger partial charge in [-0.15, -0.1) is 0 Å². The summed E-state index contributed by atoms with van der Waals surface area (Å²) >= 11 is 12.1. The maximum Gasteiger partial charge on any atom is 0.303 e. The van der Waals surface area contributed by atoms with Crippen LogP contribution in [-0.2, 0) is 33.2 Å². The molecule has 0 spiro atoms. The second-order valence-electron chi connectivity index (χ2n) is 8.51. The van der Waals surface area contributed by atoms with Crippen molar-refractivity contribution in [2.75, 3.05) is 18.8 Å². The molecule has 3 aromatic carbocycles. The summed E-state index contributed by atoms with van der Waals surface area (Å²) in [5, 5.41) is 9.90. The Morgan fingerprint density at radius 1 is 0.833 bits per heavy atom. The lowest BCUT2D eigenvalue weighted by Gasteiger charge is -2.27. The zero-order valence-corrected chi connectivity index (χ0v) is 22.1. The predicted molar refractivity (Wildman–Crippen MR) is 145 cm³/mol. The van der Waals surface area contributed by atoms with Gasteiger partial charge in [-0.2, -0.15) is 0 Å². The number of carbonyl (C=O) groups excluding carboxylic acids is 1. The maximum atomic E-state index is 13.7. The Kier molecular flexibility index (Phi) is 11.0. The molecule has 0 aliphatic heterocycles. The van der Waals surface area contributed by atoms with Gasteiger partial charge in [-0.25, -0.2) is 0 Å². The van der Waals surface area contributed by atoms with Crippen LogP contribution in [0.3, 0.4) is 0 Å². The van der Waals surface area contributed by atoms with E-state index in [9.17, 15) is 18.9 Å². The number of benzene rings is 3. The Morgan fingerprint density at radius 3 is 1.89 bits per heavy atom. The van der Waals surface area contributed by atoms with E-state index >= 15 is 0 Å². The predicted octanol–water partition coefficient (Wildman–Crippen LogP) is 5.90. The van der Waals surface area contributed by atoms with Crippen LogP contribution in [0.15, 0.2) is 83.8 Å². The molecule has 0 saturated carbocycles. The summed E-state index contributed by atoms with van der Waals surface area (Å²) in [5.41, 5.74) is 2.22. The fourth-order valence-electron chi connectivity index (χ4n) is 3.88. The Bertz CT molecular complexity index is 1130. The van der Waals surface area contributed by atoms with Gasteiger partial charge in [0.2, 0.25) is 5.91 Å². The van der Waals surface area contributed by atoms with Gasteiger partial charge in [0.1, 0.15) is 0 Å². The van der Waals surface area contributed by atoms with Gasteiger partial charge in [0.05, 0.1) is 26.8 Å². The molecule has 0 fully saturated rings. The second-order valence-corrected chi connectivity index (χ2v) is 10.8. The Hall–Kier alpha value is -2.67. The summed E-state index contributed by atoms with van der Waals surface area (Å²) in [7, 11) is -1.55. The van der Waals surface area contributed by atoms with Crippen LogP contribution >= 0.6 is 23.2 Å².